The molecule has 2 atom stereocenters. The van der Waals surface area contributed by atoms with E-state index < -0.39 is 0 Å². The van der Waals surface area contributed by atoms with Crippen LogP contribution < -0.4 is 5.73 Å². The molecule has 0 radical (unpaired) electrons. The number of carbonyl (C=O) groups is 2. The summed E-state index contributed by atoms with van der Waals surface area (Å²) in [7, 11) is 0. The molecule has 27 heavy (non-hydrogen) atoms. The lowest BCUT2D eigenvalue weighted by Gasteiger charge is -2.47. The standard InChI is InChI=1S/C19H23FN4O2.ClH/c20-14-2-3-15-13(9-14)10-16(22-15)19(26)23-7-5-17-12(11-23)1-4-18(25)24(17)8-6-21;/h2-3,9-10,12,17,22H,1,4-8,11,21H2;1H/t12-,17+;/m0./s1. The smallest absolute Gasteiger partial charge is 0.270 e. The molecule has 3 heterocycles. The zero-order chi connectivity index (χ0) is 18.3. The van der Waals surface area contributed by atoms with E-state index in [2.05, 4.69) is 4.98 Å². The molecule has 6 nitrogen and oxygen atoms in total. The van der Waals surface area contributed by atoms with Crippen LogP contribution in [0.3, 0.4) is 0 Å². The Morgan fingerprint density at radius 2 is 2.11 bits per heavy atom. The van der Waals surface area contributed by atoms with Gasteiger partial charge in [-0.2, -0.15) is 0 Å². The second-order valence-electron chi connectivity index (χ2n) is 7.20. The van der Waals surface area contributed by atoms with Gasteiger partial charge in [-0.3, -0.25) is 9.59 Å². The fourth-order valence-corrected chi connectivity index (χ4v) is 4.35. The molecule has 2 fully saturated rings. The monoisotopic (exact) mass is 394 g/mol. The number of carbonyl (C=O) groups excluding carboxylic acids is 2. The number of fused-ring (bicyclic) bond motifs is 2. The Kier molecular flexibility index (Phi) is 5.72. The molecular weight excluding hydrogens is 371 g/mol. The maximum atomic E-state index is 13.4. The van der Waals surface area contributed by atoms with Gasteiger partial charge in [0, 0.05) is 49.5 Å². The molecule has 3 N–H and O–H groups in total. The molecule has 8 heteroatoms. The lowest BCUT2D eigenvalue weighted by atomic mass is 9.83. The second-order valence-corrected chi connectivity index (χ2v) is 7.20. The molecule has 2 aliphatic heterocycles. The maximum absolute atomic E-state index is 13.4. The average molecular weight is 395 g/mol. The Morgan fingerprint density at radius 3 is 2.89 bits per heavy atom. The van der Waals surface area contributed by atoms with Gasteiger partial charge in [0.1, 0.15) is 11.5 Å². The van der Waals surface area contributed by atoms with Crippen molar-refractivity contribution in [2.24, 2.45) is 11.7 Å². The highest BCUT2D eigenvalue weighted by atomic mass is 35.5. The molecule has 2 amide bonds. The normalized spacial score (nSPS) is 22.5. The van der Waals surface area contributed by atoms with E-state index in [0.717, 1.165) is 18.4 Å². The number of aromatic nitrogens is 1. The zero-order valence-electron chi connectivity index (χ0n) is 15.0. The predicted octanol–water partition coefficient (Wildman–Crippen LogP) is 2.14. The minimum absolute atomic E-state index is 0. The number of rotatable bonds is 3. The third kappa shape index (κ3) is 3.66. The fraction of sp³-hybridized carbons (Fsp3) is 0.474. The Labute approximate surface area is 163 Å². The lowest BCUT2D eigenvalue weighted by molar-refractivity contribution is -0.140. The highest BCUT2D eigenvalue weighted by molar-refractivity contribution is 5.98. The van der Waals surface area contributed by atoms with Crippen LogP contribution in [-0.4, -0.2) is 58.8 Å². The minimum Gasteiger partial charge on any atom is -0.351 e. The van der Waals surface area contributed by atoms with E-state index in [4.69, 9.17) is 5.73 Å². The van der Waals surface area contributed by atoms with Crippen LogP contribution in [0.1, 0.15) is 29.8 Å². The number of aromatic amines is 1. The van der Waals surface area contributed by atoms with Crippen LogP contribution >= 0.6 is 12.4 Å². The first-order valence-electron chi connectivity index (χ1n) is 9.14. The average Bonchev–Trinajstić information content (AvgIpc) is 3.06. The lowest BCUT2D eigenvalue weighted by Crippen LogP contribution is -2.57. The summed E-state index contributed by atoms with van der Waals surface area (Å²) in [5.74, 6) is 0.0819. The summed E-state index contributed by atoms with van der Waals surface area (Å²) in [6, 6.07) is 6.33. The van der Waals surface area contributed by atoms with Crippen molar-refractivity contribution in [2.45, 2.75) is 25.3 Å². The molecular formula is C19H24ClFN4O2. The number of halogens is 2. The van der Waals surface area contributed by atoms with Gasteiger partial charge in [0.2, 0.25) is 5.91 Å². The highest BCUT2D eigenvalue weighted by Gasteiger charge is 2.40. The van der Waals surface area contributed by atoms with Crippen molar-refractivity contribution in [3.63, 3.8) is 0 Å². The minimum atomic E-state index is -0.316. The predicted molar refractivity (Wildman–Crippen MR) is 103 cm³/mol. The summed E-state index contributed by atoms with van der Waals surface area (Å²) in [5.41, 5.74) is 6.89. The van der Waals surface area contributed by atoms with E-state index in [-0.39, 0.29) is 36.1 Å². The topological polar surface area (TPSA) is 82.4 Å². The van der Waals surface area contributed by atoms with Crippen LogP contribution in [0.4, 0.5) is 4.39 Å². The van der Waals surface area contributed by atoms with Crippen molar-refractivity contribution in [3.8, 4) is 0 Å². The summed E-state index contributed by atoms with van der Waals surface area (Å²) in [5, 5.41) is 0.695. The SMILES string of the molecule is Cl.NCCN1C(=O)CC[C@H]2CN(C(=O)c3cc4cc(F)ccc4[nH]3)CC[C@H]21. The molecule has 0 unspecified atom stereocenters. The Morgan fingerprint density at radius 1 is 1.30 bits per heavy atom. The second kappa shape index (κ2) is 7.86. The molecule has 4 rings (SSSR count). The molecule has 0 aliphatic carbocycles. The van der Waals surface area contributed by atoms with Crippen molar-refractivity contribution < 1.29 is 14.0 Å². The quantitative estimate of drug-likeness (QED) is 0.836. The number of nitrogens with one attached hydrogen (secondary N) is 1. The first-order valence-corrected chi connectivity index (χ1v) is 9.14. The fourth-order valence-electron chi connectivity index (χ4n) is 4.35. The van der Waals surface area contributed by atoms with Crippen molar-refractivity contribution in [1.82, 2.24) is 14.8 Å². The van der Waals surface area contributed by atoms with E-state index in [1.54, 1.807) is 12.1 Å². The number of nitrogens with zero attached hydrogens (tertiary/aromatic N) is 2. The third-order valence-electron chi connectivity index (χ3n) is 5.61. The highest BCUT2D eigenvalue weighted by Crippen LogP contribution is 2.31. The van der Waals surface area contributed by atoms with Crippen LogP contribution in [0, 0.1) is 11.7 Å². The first-order chi connectivity index (χ1) is 12.6. The summed E-state index contributed by atoms with van der Waals surface area (Å²) >= 11 is 0. The number of H-pyrrole nitrogens is 1. The van der Waals surface area contributed by atoms with Gasteiger partial charge in [-0.15, -0.1) is 12.4 Å². The van der Waals surface area contributed by atoms with Crippen molar-refractivity contribution in [2.75, 3.05) is 26.2 Å². The summed E-state index contributed by atoms with van der Waals surface area (Å²) in [4.78, 5) is 31.9. The molecule has 2 aromatic rings. The molecule has 146 valence electrons. The molecule has 0 spiro atoms. The van der Waals surface area contributed by atoms with Gasteiger partial charge in [-0.1, -0.05) is 0 Å². The van der Waals surface area contributed by atoms with Gasteiger partial charge in [-0.25, -0.2) is 4.39 Å². The van der Waals surface area contributed by atoms with Crippen LogP contribution in [0.5, 0.6) is 0 Å². The molecule has 0 bridgehead atoms. The largest absolute Gasteiger partial charge is 0.351 e. The van der Waals surface area contributed by atoms with Crippen molar-refractivity contribution in [3.05, 3.63) is 35.8 Å². The summed E-state index contributed by atoms with van der Waals surface area (Å²) < 4.78 is 13.4. The van der Waals surface area contributed by atoms with E-state index in [0.29, 0.717) is 49.6 Å². The first kappa shape index (κ1) is 19.6. The number of nitrogens with two attached hydrogens (primary N) is 1. The molecule has 2 saturated heterocycles. The Bertz CT molecular complexity index is 855. The molecule has 0 saturated carbocycles. The van der Waals surface area contributed by atoms with E-state index >= 15 is 0 Å². The molecule has 1 aromatic carbocycles. The van der Waals surface area contributed by atoms with E-state index in [1.165, 1.54) is 12.1 Å². The van der Waals surface area contributed by atoms with Gasteiger partial charge >= 0.3 is 0 Å². The van der Waals surface area contributed by atoms with E-state index in [1.807, 2.05) is 9.80 Å². The number of amides is 2. The van der Waals surface area contributed by atoms with Gasteiger partial charge in [0.05, 0.1) is 0 Å². The van der Waals surface area contributed by atoms with Gasteiger partial charge in [-0.05, 0) is 43.0 Å². The van der Waals surface area contributed by atoms with E-state index in [9.17, 15) is 14.0 Å². The Balaban J connectivity index is 0.00000210. The van der Waals surface area contributed by atoms with Crippen LogP contribution in [0.15, 0.2) is 24.3 Å². The van der Waals surface area contributed by atoms with Crippen molar-refractivity contribution in [1.29, 1.82) is 0 Å². The number of benzene rings is 1. The van der Waals surface area contributed by atoms with Gasteiger partial charge < -0.3 is 20.5 Å². The number of likely N-dealkylation sites (tertiary alicyclic amines) is 2. The van der Waals surface area contributed by atoms with Crippen LogP contribution in [-0.2, 0) is 4.79 Å². The third-order valence-corrected chi connectivity index (χ3v) is 5.61. The Hall–Kier alpha value is -2.12. The number of piperidine rings is 2. The maximum Gasteiger partial charge on any atom is 0.270 e. The van der Waals surface area contributed by atoms with Crippen LogP contribution in [0.25, 0.3) is 10.9 Å². The number of hydrogen-bond acceptors (Lipinski definition) is 3. The number of hydrogen-bond donors (Lipinski definition) is 2. The van der Waals surface area contributed by atoms with Crippen molar-refractivity contribution >= 4 is 35.1 Å². The van der Waals surface area contributed by atoms with Crippen LogP contribution in [0.2, 0.25) is 0 Å². The molecule has 2 aliphatic rings. The summed E-state index contributed by atoms with van der Waals surface area (Å²) in [6.45, 7) is 2.30. The molecule has 1 aromatic heterocycles. The summed E-state index contributed by atoms with van der Waals surface area (Å²) in [6.07, 6.45) is 2.11. The van der Waals surface area contributed by atoms with Gasteiger partial charge in [0.15, 0.2) is 0 Å². The van der Waals surface area contributed by atoms with Gasteiger partial charge in [0.25, 0.3) is 5.91 Å². The zero-order valence-corrected chi connectivity index (χ0v) is 15.8.